The fourth-order valence-corrected chi connectivity index (χ4v) is 2.86. The number of nitro groups is 1. The molecular formula is C12H12BrFN2O3. The smallest absolute Gasteiger partial charge is 0.273 e. The number of non-ortho nitro benzene ring substituents is 1. The Bertz CT molecular complexity index is 524. The van der Waals surface area contributed by atoms with Gasteiger partial charge in [-0.15, -0.1) is 0 Å². The highest BCUT2D eigenvalue weighted by Crippen LogP contribution is 2.26. The predicted molar refractivity (Wildman–Crippen MR) is 70.9 cm³/mol. The molecule has 0 spiro atoms. The first-order chi connectivity index (χ1) is 8.97. The summed E-state index contributed by atoms with van der Waals surface area (Å²) in [5, 5.41) is 13.4. The van der Waals surface area contributed by atoms with Gasteiger partial charge in [0.2, 0.25) is 0 Å². The Balaban J connectivity index is 2.16. The molecule has 1 fully saturated rings. The Morgan fingerprint density at radius 1 is 1.42 bits per heavy atom. The van der Waals surface area contributed by atoms with E-state index in [1.54, 1.807) is 0 Å². The molecule has 7 heteroatoms. The molecule has 0 saturated heterocycles. The van der Waals surface area contributed by atoms with E-state index in [1.807, 2.05) is 0 Å². The van der Waals surface area contributed by atoms with Crippen LogP contribution in [0, 0.1) is 15.9 Å². The van der Waals surface area contributed by atoms with Crippen molar-refractivity contribution in [2.75, 3.05) is 0 Å². The van der Waals surface area contributed by atoms with E-state index in [2.05, 4.69) is 21.2 Å². The summed E-state index contributed by atoms with van der Waals surface area (Å²) in [6, 6.07) is 2.85. The molecule has 0 heterocycles. The number of halogens is 2. The van der Waals surface area contributed by atoms with Crippen LogP contribution >= 0.6 is 15.9 Å². The Morgan fingerprint density at radius 3 is 2.74 bits per heavy atom. The summed E-state index contributed by atoms with van der Waals surface area (Å²) < 4.78 is 13.2. The van der Waals surface area contributed by atoms with Gasteiger partial charge in [0.15, 0.2) is 0 Å². The maximum Gasteiger partial charge on any atom is 0.273 e. The van der Waals surface area contributed by atoms with Crippen LogP contribution in [0.15, 0.2) is 18.2 Å². The molecule has 1 saturated carbocycles. The van der Waals surface area contributed by atoms with E-state index in [-0.39, 0.29) is 16.4 Å². The molecule has 5 nitrogen and oxygen atoms in total. The minimum atomic E-state index is -0.791. The molecule has 0 aromatic heterocycles. The number of amides is 1. The van der Waals surface area contributed by atoms with Crippen LogP contribution in [0.3, 0.4) is 0 Å². The van der Waals surface area contributed by atoms with Crippen LogP contribution in [0.25, 0.3) is 0 Å². The second-order valence-electron chi connectivity index (χ2n) is 4.48. The lowest BCUT2D eigenvalue weighted by Gasteiger charge is -2.16. The average molecular weight is 331 g/mol. The average Bonchev–Trinajstić information content (AvgIpc) is 2.74. The number of hydrogen-bond acceptors (Lipinski definition) is 3. The van der Waals surface area contributed by atoms with Crippen LogP contribution < -0.4 is 5.32 Å². The number of rotatable bonds is 3. The zero-order valence-electron chi connectivity index (χ0n) is 9.94. The molecule has 1 aliphatic rings. The van der Waals surface area contributed by atoms with Gasteiger partial charge in [-0.2, -0.15) is 0 Å². The Kier molecular flexibility index (Phi) is 4.14. The molecule has 1 aromatic carbocycles. The number of carbonyl (C=O) groups is 1. The van der Waals surface area contributed by atoms with Crippen LogP contribution in [0.5, 0.6) is 0 Å². The van der Waals surface area contributed by atoms with E-state index in [4.69, 9.17) is 0 Å². The van der Waals surface area contributed by atoms with Crippen molar-refractivity contribution in [3.8, 4) is 0 Å². The fourth-order valence-electron chi connectivity index (χ4n) is 2.14. The normalized spacial score (nSPS) is 22.2. The summed E-state index contributed by atoms with van der Waals surface area (Å²) in [7, 11) is 0. The monoisotopic (exact) mass is 330 g/mol. The molecular weight excluding hydrogens is 319 g/mol. The van der Waals surface area contributed by atoms with Gasteiger partial charge >= 0.3 is 0 Å². The molecule has 1 amide bonds. The first-order valence-electron chi connectivity index (χ1n) is 5.87. The summed E-state index contributed by atoms with van der Waals surface area (Å²) in [5.74, 6) is -1.28. The highest BCUT2D eigenvalue weighted by atomic mass is 79.9. The van der Waals surface area contributed by atoms with Gasteiger partial charge in [-0.05, 0) is 18.9 Å². The van der Waals surface area contributed by atoms with Crippen molar-refractivity contribution in [2.45, 2.75) is 30.1 Å². The highest BCUT2D eigenvalue weighted by molar-refractivity contribution is 9.09. The van der Waals surface area contributed by atoms with E-state index in [1.165, 1.54) is 0 Å². The highest BCUT2D eigenvalue weighted by Gasteiger charge is 2.27. The number of nitrogens with one attached hydrogen (secondary N) is 1. The number of carbonyl (C=O) groups excluding carboxylic acids is 1. The largest absolute Gasteiger partial charge is 0.348 e. The van der Waals surface area contributed by atoms with Crippen molar-refractivity contribution in [1.82, 2.24) is 5.32 Å². The van der Waals surface area contributed by atoms with Gasteiger partial charge in [0.25, 0.3) is 11.6 Å². The van der Waals surface area contributed by atoms with E-state index in [0.29, 0.717) is 0 Å². The predicted octanol–water partition coefficient (Wildman–Crippen LogP) is 2.78. The first kappa shape index (κ1) is 13.9. The summed E-state index contributed by atoms with van der Waals surface area (Å²) in [6.07, 6.45) is 2.82. The maximum atomic E-state index is 13.2. The van der Waals surface area contributed by atoms with Crippen LogP contribution in [0.4, 0.5) is 10.1 Å². The number of nitrogens with zero attached hydrogens (tertiary/aromatic N) is 1. The number of nitro benzene ring substituents is 1. The molecule has 2 rings (SSSR count). The Hall–Kier alpha value is -1.50. The second-order valence-corrected chi connectivity index (χ2v) is 5.66. The summed E-state index contributed by atoms with van der Waals surface area (Å²) in [4.78, 5) is 22.1. The van der Waals surface area contributed by atoms with Gasteiger partial charge in [-0.25, -0.2) is 4.39 Å². The minimum absolute atomic E-state index is 0.0187. The number of benzene rings is 1. The van der Waals surface area contributed by atoms with Crippen molar-refractivity contribution in [2.24, 2.45) is 0 Å². The van der Waals surface area contributed by atoms with E-state index >= 15 is 0 Å². The molecule has 2 unspecified atom stereocenters. The van der Waals surface area contributed by atoms with Gasteiger partial charge < -0.3 is 5.32 Å². The maximum absolute atomic E-state index is 13.2. The quantitative estimate of drug-likeness (QED) is 0.526. The van der Waals surface area contributed by atoms with Crippen LogP contribution in [-0.4, -0.2) is 21.7 Å². The molecule has 0 bridgehead atoms. The SMILES string of the molecule is O=C(NC1CCCC1Br)c1cc(F)cc([N+](=O)[O-])c1. The first-order valence-corrected chi connectivity index (χ1v) is 6.79. The van der Waals surface area contributed by atoms with Crippen LogP contribution in [0.1, 0.15) is 29.6 Å². The second kappa shape index (κ2) is 5.64. The van der Waals surface area contributed by atoms with Gasteiger partial charge in [-0.1, -0.05) is 22.4 Å². The summed E-state index contributed by atoms with van der Waals surface area (Å²) in [6.45, 7) is 0. The standard InChI is InChI=1S/C12H12BrFN2O3/c13-10-2-1-3-11(10)15-12(17)7-4-8(14)6-9(5-7)16(18)19/h4-6,10-11H,1-3H2,(H,15,17). The molecule has 1 aromatic rings. The van der Waals surface area contributed by atoms with E-state index in [0.717, 1.165) is 37.5 Å². The molecule has 2 atom stereocenters. The molecule has 1 aliphatic carbocycles. The number of alkyl halides is 1. The van der Waals surface area contributed by atoms with Gasteiger partial charge in [-0.3, -0.25) is 14.9 Å². The number of hydrogen-bond donors (Lipinski definition) is 1. The Labute approximate surface area is 117 Å². The molecule has 102 valence electrons. The zero-order valence-corrected chi connectivity index (χ0v) is 11.5. The van der Waals surface area contributed by atoms with Crippen LogP contribution in [-0.2, 0) is 0 Å². The lowest BCUT2D eigenvalue weighted by Crippen LogP contribution is -2.37. The zero-order chi connectivity index (χ0) is 14.0. The minimum Gasteiger partial charge on any atom is -0.348 e. The summed E-state index contributed by atoms with van der Waals surface area (Å²) in [5.41, 5.74) is -0.453. The van der Waals surface area contributed by atoms with E-state index in [9.17, 15) is 19.3 Å². The Morgan fingerprint density at radius 2 is 2.16 bits per heavy atom. The molecule has 1 N–H and O–H groups in total. The topological polar surface area (TPSA) is 72.2 Å². The fraction of sp³-hybridized carbons (Fsp3) is 0.417. The van der Waals surface area contributed by atoms with Crippen molar-refractivity contribution in [1.29, 1.82) is 0 Å². The van der Waals surface area contributed by atoms with Crippen molar-refractivity contribution >= 4 is 27.5 Å². The third-order valence-electron chi connectivity index (χ3n) is 3.10. The third kappa shape index (κ3) is 3.28. The third-order valence-corrected chi connectivity index (χ3v) is 4.20. The van der Waals surface area contributed by atoms with Gasteiger partial charge in [0.1, 0.15) is 5.82 Å². The van der Waals surface area contributed by atoms with Gasteiger partial charge in [0.05, 0.1) is 11.0 Å². The van der Waals surface area contributed by atoms with Crippen LogP contribution in [0.2, 0.25) is 0 Å². The van der Waals surface area contributed by atoms with E-state index < -0.39 is 22.3 Å². The van der Waals surface area contributed by atoms with Crippen molar-refractivity contribution < 1.29 is 14.1 Å². The van der Waals surface area contributed by atoms with Crippen molar-refractivity contribution in [3.63, 3.8) is 0 Å². The van der Waals surface area contributed by atoms with Gasteiger partial charge in [0, 0.05) is 22.5 Å². The molecule has 0 radical (unpaired) electrons. The summed E-state index contributed by atoms with van der Waals surface area (Å²) >= 11 is 3.46. The molecule has 19 heavy (non-hydrogen) atoms. The lowest BCUT2D eigenvalue weighted by atomic mass is 10.1. The van der Waals surface area contributed by atoms with Crippen molar-refractivity contribution in [3.05, 3.63) is 39.7 Å². The lowest BCUT2D eigenvalue weighted by molar-refractivity contribution is -0.385. The molecule has 0 aliphatic heterocycles.